The second kappa shape index (κ2) is 5.55. The van der Waals surface area contributed by atoms with E-state index in [0.29, 0.717) is 17.8 Å². The fraction of sp³-hybridized carbons (Fsp3) is 0.643. The Hall–Kier alpha value is -1.65. The highest BCUT2D eigenvalue weighted by Gasteiger charge is 2.33. The third-order valence-electron chi connectivity index (χ3n) is 3.37. The zero-order valence-electron chi connectivity index (χ0n) is 11.7. The molecule has 0 radical (unpaired) electrons. The van der Waals surface area contributed by atoms with Crippen molar-refractivity contribution in [1.82, 2.24) is 9.97 Å². The van der Waals surface area contributed by atoms with Crippen LogP contribution >= 0.6 is 0 Å². The highest BCUT2D eigenvalue weighted by atomic mass is 16.4. The van der Waals surface area contributed by atoms with Crippen molar-refractivity contribution in [3.8, 4) is 0 Å². The van der Waals surface area contributed by atoms with Gasteiger partial charge in [0.25, 0.3) is 0 Å². The van der Waals surface area contributed by atoms with Crippen molar-refractivity contribution in [2.45, 2.75) is 52.0 Å². The van der Waals surface area contributed by atoms with Gasteiger partial charge in [0.1, 0.15) is 0 Å². The molecular weight excluding hydrogens is 242 g/mol. The van der Waals surface area contributed by atoms with Gasteiger partial charge < -0.3 is 10.4 Å². The second-order valence-electron chi connectivity index (χ2n) is 5.60. The SMILES string of the molecule is Cc1cc(C(C)C)nc(NC(CC(=O)O)C2CC2)n1. The fourth-order valence-electron chi connectivity index (χ4n) is 2.14. The molecule has 5 nitrogen and oxygen atoms in total. The molecule has 0 aliphatic heterocycles. The maximum absolute atomic E-state index is 10.9. The molecule has 1 heterocycles. The summed E-state index contributed by atoms with van der Waals surface area (Å²) in [5.41, 5.74) is 1.89. The van der Waals surface area contributed by atoms with Crippen LogP contribution in [0.4, 0.5) is 5.95 Å². The minimum absolute atomic E-state index is 0.0562. The number of aromatic nitrogens is 2. The van der Waals surface area contributed by atoms with Crippen molar-refractivity contribution in [3.05, 3.63) is 17.5 Å². The molecule has 2 rings (SSSR count). The third kappa shape index (κ3) is 3.91. The summed E-state index contributed by atoms with van der Waals surface area (Å²) >= 11 is 0. The molecule has 1 aromatic rings. The number of anilines is 1. The van der Waals surface area contributed by atoms with Crippen LogP contribution in [0.3, 0.4) is 0 Å². The molecule has 1 fully saturated rings. The summed E-state index contributed by atoms with van der Waals surface area (Å²) in [5.74, 6) is 0.562. The Kier molecular flexibility index (Phi) is 4.02. The van der Waals surface area contributed by atoms with Gasteiger partial charge in [-0.05, 0) is 37.7 Å². The first-order chi connectivity index (χ1) is 8.95. The molecule has 1 atom stereocenters. The molecule has 0 amide bonds. The molecule has 0 spiro atoms. The number of nitrogens with zero attached hydrogens (tertiary/aromatic N) is 2. The van der Waals surface area contributed by atoms with Crippen LogP contribution < -0.4 is 5.32 Å². The van der Waals surface area contributed by atoms with Gasteiger partial charge in [0.15, 0.2) is 0 Å². The number of rotatable bonds is 6. The Morgan fingerprint density at radius 2 is 2.16 bits per heavy atom. The van der Waals surface area contributed by atoms with E-state index in [1.807, 2.05) is 13.0 Å². The number of hydrogen-bond acceptors (Lipinski definition) is 4. The lowest BCUT2D eigenvalue weighted by atomic mass is 10.1. The largest absolute Gasteiger partial charge is 0.481 e. The maximum atomic E-state index is 10.9. The smallest absolute Gasteiger partial charge is 0.305 e. The quantitative estimate of drug-likeness (QED) is 0.825. The Balaban J connectivity index is 2.13. The van der Waals surface area contributed by atoms with Gasteiger partial charge in [0.05, 0.1) is 6.42 Å². The van der Waals surface area contributed by atoms with Crippen molar-refractivity contribution in [3.63, 3.8) is 0 Å². The lowest BCUT2D eigenvalue weighted by molar-refractivity contribution is -0.137. The van der Waals surface area contributed by atoms with Crippen LogP contribution in [0.15, 0.2) is 6.07 Å². The highest BCUT2D eigenvalue weighted by molar-refractivity contribution is 5.68. The standard InChI is InChI=1S/C14H21N3O2/c1-8(2)11-6-9(3)15-14(16-11)17-12(7-13(18)19)10-4-5-10/h6,8,10,12H,4-5,7H2,1-3H3,(H,18,19)(H,15,16,17). The Morgan fingerprint density at radius 3 is 2.68 bits per heavy atom. The lowest BCUT2D eigenvalue weighted by Gasteiger charge is -2.17. The van der Waals surface area contributed by atoms with Crippen LogP contribution in [0.1, 0.15) is 50.4 Å². The topological polar surface area (TPSA) is 75.1 Å². The van der Waals surface area contributed by atoms with E-state index in [9.17, 15) is 4.79 Å². The van der Waals surface area contributed by atoms with Gasteiger partial charge in [0.2, 0.25) is 5.95 Å². The first kappa shape index (κ1) is 13.8. The summed E-state index contributed by atoms with van der Waals surface area (Å²) in [5, 5.41) is 12.2. The summed E-state index contributed by atoms with van der Waals surface area (Å²) in [6.45, 7) is 6.10. The first-order valence-electron chi connectivity index (χ1n) is 6.79. The van der Waals surface area contributed by atoms with E-state index in [1.54, 1.807) is 0 Å². The fourth-order valence-corrected chi connectivity index (χ4v) is 2.14. The molecule has 1 aromatic heterocycles. The first-order valence-corrected chi connectivity index (χ1v) is 6.79. The zero-order valence-corrected chi connectivity index (χ0v) is 11.7. The van der Waals surface area contributed by atoms with Crippen LogP contribution in [0, 0.1) is 12.8 Å². The van der Waals surface area contributed by atoms with Gasteiger partial charge in [-0.1, -0.05) is 13.8 Å². The molecular formula is C14H21N3O2. The molecule has 2 N–H and O–H groups in total. The van der Waals surface area contributed by atoms with Crippen molar-refractivity contribution in [2.75, 3.05) is 5.32 Å². The Labute approximate surface area is 113 Å². The van der Waals surface area contributed by atoms with Crippen LogP contribution in [0.5, 0.6) is 0 Å². The highest BCUT2D eigenvalue weighted by Crippen LogP contribution is 2.35. The summed E-state index contributed by atoms with van der Waals surface area (Å²) in [4.78, 5) is 19.7. The van der Waals surface area contributed by atoms with Gasteiger partial charge in [-0.15, -0.1) is 0 Å². The van der Waals surface area contributed by atoms with E-state index >= 15 is 0 Å². The van der Waals surface area contributed by atoms with E-state index < -0.39 is 5.97 Å². The molecule has 1 aliphatic carbocycles. The molecule has 0 saturated heterocycles. The number of carboxylic acids is 1. The normalized spacial score (nSPS) is 16.4. The van der Waals surface area contributed by atoms with Crippen molar-refractivity contribution in [1.29, 1.82) is 0 Å². The average molecular weight is 263 g/mol. The van der Waals surface area contributed by atoms with Crippen LogP contribution in [-0.2, 0) is 4.79 Å². The Morgan fingerprint density at radius 1 is 1.47 bits per heavy atom. The molecule has 104 valence electrons. The van der Waals surface area contributed by atoms with Crippen LogP contribution in [-0.4, -0.2) is 27.1 Å². The van der Waals surface area contributed by atoms with E-state index in [4.69, 9.17) is 5.11 Å². The molecule has 0 bridgehead atoms. The number of aliphatic carboxylic acids is 1. The van der Waals surface area contributed by atoms with Gasteiger partial charge in [-0.2, -0.15) is 0 Å². The van der Waals surface area contributed by atoms with E-state index in [1.165, 1.54) is 0 Å². The van der Waals surface area contributed by atoms with Gasteiger partial charge >= 0.3 is 5.97 Å². The van der Waals surface area contributed by atoms with Gasteiger partial charge in [-0.3, -0.25) is 4.79 Å². The molecule has 5 heteroatoms. The molecule has 1 saturated carbocycles. The van der Waals surface area contributed by atoms with Crippen molar-refractivity contribution < 1.29 is 9.90 Å². The predicted molar refractivity (Wildman–Crippen MR) is 73.2 cm³/mol. The van der Waals surface area contributed by atoms with E-state index in [0.717, 1.165) is 24.2 Å². The predicted octanol–water partition coefficient (Wildman–Crippen LogP) is 2.57. The molecule has 1 unspecified atom stereocenters. The van der Waals surface area contributed by atoms with E-state index in [2.05, 4.69) is 29.1 Å². The number of carbonyl (C=O) groups is 1. The van der Waals surface area contributed by atoms with Crippen LogP contribution in [0.2, 0.25) is 0 Å². The summed E-state index contributed by atoms with van der Waals surface area (Å²) in [7, 11) is 0. The zero-order chi connectivity index (χ0) is 14.0. The van der Waals surface area contributed by atoms with Gasteiger partial charge in [0, 0.05) is 17.4 Å². The van der Waals surface area contributed by atoms with Crippen molar-refractivity contribution in [2.24, 2.45) is 5.92 Å². The van der Waals surface area contributed by atoms with Crippen LogP contribution in [0.25, 0.3) is 0 Å². The monoisotopic (exact) mass is 263 g/mol. The molecule has 0 aromatic carbocycles. The summed E-state index contributed by atoms with van der Waals surface area (Å²) in [6.07, 6.45) is 2.31. The number of aryl methyl sites for hydroxylation is 1. The molecule has 1 aliphatic rings. The number of hydrogen-bond donors (Lipinski definition) is 2. The minimum Gasteiger partial charge on any atom is -0.481 e. The summed E-state index contributed by atoms with van der Waals surface area (Å²) < 4.78 is 0. The average Bonchev–Trinajstić information content (AvgIpc) is 3.10. The maximum Gasteiger partial charge on any atom is 0.305 e. The van der Waals surface area contributed by atoms with E-state index in [-0.39, 0.29) is 12.5 Å². The summed E-state index contributed by atoms with van der Waals surface area (Å²) in [6, 6.07) is 1.92. The minimum atomic E-state index is -0.777. The third-order valence-corrected chi connectivity index (χ3v) is 3.37. The van der Waals surface area contributed by atoms with Crippen molar-refractivity contribution >= 4 is 11.9 Å². The van der Waals surface area contributed by atoms with Gasteiger partial charge in [-0.25, -0.2) is 9.97 Å². The lowest BCUT2D eigenvalue weighted by Crippen LogP contribution is -2.26. The second-order valence-corrected chi connectivity index (χ2v) is 5.60. The Bertz CT molecular complexity index is 470. The number of carboxylic acid groups (broad SMARTS) is 1. The number of nitrogens with one attached hydrogen (secondary N) is 1. The molecule has 19 heavy (non-hydrogen) atoms.